The van der Waals surface area contributed by atoms with E-state index in [-0.39, 0.29) is 12.3 Å². The average molecular weight is 632 g/mol. The van der Waals surface area contributed by atoms with Crippen LogP contribution in [-0.4, -0.2) is 38.3 Å². The summed E-state index contributed by atoms with van der Waals surface area (Å²) >= 11 is 1.37. The standard InChI is InChI=1S/C32H28F3N7O2S/c1-19-13-20(2)28(21(3)14-19)42-22(4)17-45-31(42)39-30(43)37-16-25(15-36)23-5-7-24(8-6-23)29-38-18-41(40-29)26-9-11-27(12-10-26)44-32(33,34)35/h5-14,17-18,25H,16H2,1-4H3,(H,37,43). The van der Waals surface area contributed by atoms with Crippen molar-refractivity contribution in [2.24, 2.45) is 4.99 Å². The van der Waals surface area contributed by atoms with Gasteiger partial charge in [0.1, 0.15) is 12.1 Å². The van der Waals surface area contributed by atoms with Crippen LogP contribution >= 0.6 is 11.3 Å². The molecule has 1 N–H and O–H groups in total. The maximum absolute atomic E-state index is 12.8. The normalized spacial score (nSPS) is 12.5. The van der Waals surface area contributed by atoms with Crippen molar-refractivity contribution in [3.63, 3.8) is 0 Å². The van der Waals surface area contributed by atoms with E-state index >= 15 is 0 Å². The zero-order chi connectivity index (χ0) is 32.3. The number of ether oxygens (including phenoxy) is 1. The van der Waals surface area contributed by atoms with Gasteiger partial charge in [0.05, 0.1) is 23.4 Å². The molecule has 1 atom stereocenters. The zero-order valence-electron chi connectivity index (χ0n) is 24.8. The highest BCUT2D eigenvalue weighted by atomic mass is 32.1. The second-order valence-electron chi connectivity index (χ2n) is 10.4. The van der Waals surface area contributed by atoms with Gasteiger partial charge < -0.3 is 10.1 Å². The van der Waals surface area contributed by atoms with Crippen molar-refractivity contribution >= 4 is 17.4 Å². The third kappa shape index (κ3) is 7.30. The number of hydrogen-bond acceptors (Lipinski definition) is 6. The summed E-state index contributed by atoms with van der Waals surface area (Å²) in [7, 11) is 0. The molecule has 0 radical (unpaired) electrons. The lowest BCUT2D eigenvalue weighted by atomic mass is 9.99. The molecule has 2 heterocycles. The van der Waals surface area contributed by atoms with Crippen LogP contribution in [0.25, 0.3) is 22.8 Å². The molecular weight excluding hydrogens is 603 g/mol. The van der Waals surface area contributed by atoms with Crippen molar-refractivity contribution < 1.29 is 22.7 Å². The minimum absolute atomic E-state index is 0.0616. The summed E-state index contributed by atoms with van der Waals surface area (Å²) in [5.41, 5.74) is 7.14. The van der Waals surface area contributed by atoms with Gasteiger partial charge in [-0.25, -0.2) is 14.5 Å². The number of hydrogen-bond donors (Lipinski definition) is 1. The Bertz CT molecular complexity index is 1930. The van der Waals surface area contributed by atoms with Crippen LogP contribution in [0.3, 0.4) is 0 Å². The maximum atomic E-state index is 12.8. The van der Waals surface area contributed by atoms with Crippen molar-refractivity contribution in [1.29, 1.82) is 5.26 Å². The number of rotatable bonds is 7. The minimum atomic E-state index is -4.77. The molecule has 0 aliphatic carbocycles. The lowest BCUT2D eigenvalue weighted by Gasteiger charge is -2.14. The molecule has 0 aliphatic heterocycles. The molecule has 0 spiro atoms. The van der Waals surface area contributed by atoms with Gasteiger partial charge in [0, 0.05) is 23.2 Å². The number of nitrogens with zero attached hydrogens (tertiary/aromatic N) is 6. The van der Waals surface area contributed by atoms with E-state index in [4.69, 9.17) is 0 Å². The van der Waals surface area contributed by atoms with Crippen molar-refractivity contribution in [1.82, 2.24) is 24.6 Å². The molecule has 1 unspecified atom stereocenters. The first-order valence-electron chi connectivity index (χ1n) is 13.8. The number of nitrogens with one attached hydrogen (secondary N) is 1. The van der Waals surface area contributed by atoms with Crippen molar-refractivity contribution in [2.75, 3.05) is 6.54 Å². The summed E-state index contributed by atoms with van der Waals surface area (Å²) in [6.45, 7) is 8.14. The van der Waals surface area contributed by atoms with Gasteiger partial charge in [-0.05, 0) is 68.7 Å². The van der Waals surface area contributed by atoms with Crippen molar-refractivity contribution in [3.8, 4) is 34.6 Å². The Labute approximate surface area is 260 Å². The van der Waals surface area contributed by atoms with Gasteiger partial charge in [-0.15, -0.1) is 29.6 Å². The molecule has 3 aromatic carbocycles. The number of nitriles is 1. The van der Waals surface area contributed by atoms with E-state index in [9.17, 15) is 23.2 Å². The van der Waals surface area contributed by atoms with Crippen LogP contribution < -0.4 is 14.9 Å². The van der Waals surface area contributed by atoms with Crippen LogP contribution in [0.5, 0.6) is 5.75 Å². The van der Waals surface area contributed by atoms with Gasteiger partial charge in [0.15, 0.2) is 10.6 Å². The molecule has 0 saturated carbocycles. The maximum Gasteiger partial charge on any atom is 0.573 e. The predicted octanol–water partition coefficient (Wildman–Crippen LogP) is 6.84. The predicted molar refractivity (Wildman–Crippen MR) is 163 cm³/mol. The fraction of sp³-hybridized carbons (Fsp3) is 0.219. The van der Waals surface area contributed by atoms with Crippen LogP contribution in [0, 0.1) is 39.0 Å². The lowest BCUT2D eigenvalue weighted by Crippen LogP contribution is -2.28. The third-order valence-electron chi connectivity index (χ3n) is 6.95. The summed E-state index contributed by atoms with van der Waals surface area (Å²) < 4.78 is 44.6. The average Bonchev–Trinajstić information content (AvgIpc) is 3.61. The molecule has 45 heavy (non-hydrogen) atoms. The number of aryl methyl sites for hydroxylation is 4. The van der Waals surface area contributed by atoms with Gasteiger partial charge in [0.2, 0.25) is 0 Å². The molecule has 2 amide bonds. The van der Waals surface area contributed by atoms with E-state index < -0.39 is 18.3 Å². The first-order chi connectivity index (χ1) is 21.4. The monoisotopic (exact) mass is 631 g/mol. The van der Waals surface area contributed by atoms with E-state index in [1.807, 2.05) is 37.6 Å². The number of benzene rings is 3. The largest absolute Gasteiger partial charge is 0.573 e. The van der Waals surface area contributed by atoms with Gasteiger partial charge in [0.25, 0.3) is 0 Å². The van der Waals surface area contributed by atoms with E-state index in [0.29, 0.717) is 27.4 Å². The highest BCUT2D eigenvalue weighted by Crippen LogP contribution is 2.25. The topological polar surface area (TPSA) is 110 Å². The van der Waals surface area contributed by atoms with E-state index in [1.165, 1.54) is 46.6 Å². The van der Waals surface area contributed by atoms with Gasteiger partial charge in [-0.3, -0.25) is 4.57 Å². The first-order valence-corrected chi connectivity index (χ1v) is 14.7. The number of thiazole rings is 1. The quantitative estimate of drug-likeness (QED) is 0.212. The molecule has 9 nitrogen and oxygen atoms in total. The summed E-state index contributed by atoms with van der Waals surface area (Å²) in [5, 5.41) is 18.9. The van der Waals surface area contributed by atoms with Crippen molar-refractivity contribution in [3.05, 3.63) is 105 Å². The Morgan fingerprint density at radius 3 is 2.36 bits per heavy atom. The molecule has 230 valence electrons. The van der Waals surface area contributed by atoms with Crippen LogP contribution in [-0.2, 0) is 0 Å². The molecule has 5 aromatic rings. The number of urea groups is 1. The molecular formula is C32H28F3N7O2S. The number of carbonyl (C=O) groups excluding carboxylic acids is 1. The molecule has 0 saturated heterocycles. The molecule has 0 aliphatic rings. The van der Waals surface area contributed by atoms with Crippen LogP contribution in [0.15, 0.2) is 77.4 Å². The smallest absolute Gasteiger partial charge is 0.406 e. The van der Waals surface area contributed by atoms with Crippen LogP contribution in [0.4, 0.5) is 18.0 Å². The SMILES string of the molecule is Cc1cc(C)c(-n2c(C)csc2=NC(=O)NCC(C#N)c2ccc(-c3ncn(-c4ccc(OC(F)(F)F)cc4)n3)cc2)c(C)c1. The Morgan fingerprint density at radius 1 is 1.07 bits per heavy atom. The molecule has 13 heteroatoms. The zero-order valence-corrected chi connectivity index (χ0v) is 25.6. The van der Waals surface area contributed by atoms with Crippen LogP contribution in [0.1, 0.15) is 33.9 Å². The fourth-order valence-corrected chi connectivity index (χ4v) is 5.86. The van der Waals surface area contributed by atoms with E-state index in [0.717, 1.165) is 28.1 Å². The Morgan fingerprint density at radius 2 is 1.73 bits per heavy atom. The number of amides is 2. The molecule has 2 aromatic heterocycles. The highest BCUT2D eigenvalue weighted by molar-refractivity contribution is 7.07. The number of alkyl halides is 3. The summed E-state index contributed by atoms with van der Waals surface area (Å²) in [6, 6.07) is 18.2. The summed E-state index contributed by atoms with van der Waals surface area (Å²) in [4.78, 5) is 22.0. The second kappa shape index (κ2) is 12.8. The number of carbonyl (C=O) groups is 1. The Hall–Kier alpha value is -5.22. The summed E-state index contributed by atoms with van der Waals surface area (Å²) in [5.74, 6) is -0.576. The fourth-order valence-electron chi connectivity index (χ4n) is 5.01. The van der Waals surface area contributed by atoms with E-state index in [2.05, 4.69) is 43.3 Å². The van der Waals surface area contributed by atoms with Gasteiger partial charge in [-0.1, -0.05) is 42.0 Å². The molecule has 0 bridgehead atoms. The van der Waals surface area contributed by atoms with E-state index in [1.54, 1.807) is 24.3 Å². The minimum Gasteiger partial charge on any atom is -0.406 e. The van der Waals surface area contributed by atoms with Crippen LogP contribution in [0.2, 0.25) is 0 Å². The number of aromatic nitrogens is 4. The Kier molecular flexibility index (Phi) is 8.87. The van der Waals surface area contributed by atoms with Crippen molar-refractivity contribution in [2.45, 2.75) is 40.0 Å². The number of halogens is 3. The molecule has 0 fully saturated rings. The summed E-state index contributed by atoms with van der Waals surface area (Å²) in [6.07, 6.45) is -3.33. The third-order valence-corrected chi connectivity index (χ3v) is 7.89. The highest BCUT2D eigenvalue weighted by Gasteiger charge is 2.31. The van der Waals surface area contributed by atoms with Gasteiger partial charge >= 0.3 is 12.4 Å². The molecule has 5 rings (SSSR count). The lowest BCUT2D eigenvalue weighted by molar-refractivity contribution is -0.274. The Balaban J connectivity index is 1.26. The van der Waals surface area contributed by atoms with Gasteiger partial charge in [-0.2, -0.15) is 10.3 Å². The first kappa shape index (κ1) is 31.2. The second-order valence-corrected chi connectivity index (χ2v) is 11.2.